The van der Waals surface area contributed by atoms with Crippen LogP contribution in [0.4, 0.5) is 0 Å². The van der Waals surface area contributed by atoms with E-state index in [2.05, 4.69) is 30.5 Å². The van der Waals surface area contributed by atoms with Gasteiger partial charge < -0.3 is 9.30 Å². The highest BCUT2D eigenvalue weighted by molar-refractivity contribution is 5.13. The van der Waals surface area contributed by atoms with Gasteiger partial charge in [0.15, 0.2) is 0 Å². The zero-order chi connectivity index (χ0) is 7.84. The fourth-order valence-electron chi connectivity index (χ4n) is 1.36. The van der Waals surface area contributed by atoms with Crippen LogP contribution in [0.3, 0.4) is 0 Å². The third kappa shape index (κ3) is 1.31. The molecule has 0 aromatic carbocycles. The summed E-state index contributed by atoms with van der Waals surface area (Å²) < 4.78 is 7.47. The van der Waals surface area contributed by atoms with E-state index in [9.17, 15) is 0 Å². The van der Waals surface area contributed by atoms with Gasteiger partial charge in [-0.05, 0) is 26.0 Å². The quantitative estimate of drug-likeness (QED) is 0.585. The van der Waals surface area contributed by atoms with Crippen molar-refractivity contribution in [3.8, 4) is 0 Å². The molecule has 2 rings (SSSR count). The summed E-state index contributed by atoms with van der Waals surface area (Å²) in [5.41, 5.74) is 2.66. The molecular weight excluding hydrogens is 138 g/mol. The molecule has 0 unspecified atom stereocenters. The number of epoxide rings is 1. The molecule has 0 spiro atoms. The van der Waals surface area contributed by atoms with E-state index in [-0.39, 0.29) is 0 Å². The highest BCUT2D eigenvalue weighted by Gasteiger charge is 2.23. The highest BCUT2D eigenvalue weighted by atomic mass is 16.6. The summed E-state index contributed by atoms with van der Waals surface area (Å²) in [6.45, 7) is 6.24. The number of hydrogen-bond donors (Lipinski definition) is 0. The average molecular weight is 151 g/mol. The standard InChI is InChI=1S/C9H13NO/c1-7-3-4-8(2)10(7)5-9-6-11-9/h3-4,9H,5-6H2,1-2H3/t9-/m1/s1. The van der Waals surface area contributed by atoms with E-state index in [0.717, 1.165) is 13.2 Å². The highest BCUT2D eigenvalue weighted by Crippen LogP contribution is 2.15. The number of hydrogen-bond acceptors (Lipinski definition) is 1. The summed E-state index contributed by atoms with van der Waals surface area (Å²) in [6, 6.07) is 4.30. The van der Waals surface area contributed by atoms with Crippen LogP contribution in [0.25, 0.3) is 0 Å². The van der Waals surface area contributed by atoms with Crippen LogP contribution in [-0.4, -0.2) is 17.3 Å². The molecule has 1 aliphatic heterocycles. The first kappa shape index (κ1) is 6.92. The first-order chi connectivity index (χ1) is 5.27. The minimum Gasteiger partial charge on any atom is -0.371 e. The molecule has 1 aromatic heterocycles. The van der Waals surface area contributed by atoms with Gasteiger partial charge in [-0.1, -0.05) is 0 Å². The Morgan fingerprint density at radius 3 is 2.45 bits per heavy atom. The molecule has 1 aliphatic rings. The molecule has 1 aromatic rings. The van der Waals surface area contributed by atoms with Gasteiger partial charge in [-0.2, -0.15) is 0 Å². The van der Waals surface area contributed by atoms with E-state index >= 15 is 0 Å². The first-order valence-corrected chi connectivity index (χ1v) is 4.01. The van der Waals surface area contributed by atoms with E-state index in [1.54, 1.807) is 0 Å². The monoisotopic (exact) mass is 151 g/mol. The minimum absolute atomic E-state index is 0.486. The maximum absolute atomic E-state index is 5.17. The van der Waals surface area contributed by atoms with Gasteiger partial charge >= 0.3 is 0 Å². The van der Waals surface area contributed by atoms with Crippen LogP contribution < -0.4 is 0 Å². The average Bonchev–Trinajstić information content (AvgIpc) is 2.73. The maximum Gasteiger partial charge on any atom is 0.0988 e. The molecule has 2 heteroatoms. The number of rotatable bonds is 2. The van der Waals surface area contributed by atoms with Gasteiger partial charge in [0.2, 0.25) is 0 Å². The van der Waals surface area contributed by atoms with Crippen molar-refractivity contribution in [3.05, 3.63) is 23.5 Å². The molecule has 0 bridgehead atoms. The minimum atomic E-state index is 0.486. The number of ether oxygens (including phenoxy) is 1. The van der Waals surface area contributed by atoms with Gasteiger partial charge in [0.05, 0.1) is 19.3 Å². The summed E-state index contributed by atoms with van der Waals surface area (Å²) >= 11 is 0. The van der Waals surface area contributed by atoms with Crippen molar-refractivity contribution in [2.24, 2.45) is 0 Å². The zero-order valence-corrected chi connectivity index (χ0v) is 7.00. The largest absolute Gasteiger partial charge is 0.371 e. The third-order valence-electron chi connectivity index (χ3n) is 2.21. The Bertz CT molecular complexity index is 241. The van der Waals surface area contributed by atoms with E-state index < -0.39 is 0 Å². The summed E-state index contributed by atoms with van der Waals surface area (Å²) in [6.07, 6.45) is 0.486. The lowest BCUT2D eigenvalue weighted by Gasteiger charge is -2.05. The van der Waals surface area contributed by atoms with Crippen LogP contribution in [0.2, 0.25) is 0 Å². The summed E-state index contributed by atoms with van der Waals surface area (Å²) in [5, 5.41) is 0. The lowest BCUT2D eigenvalue weighted by molar-refractivity contribution is 0.380. The van der Waals surface area contributed by atoms with Crippen molar-refractivity contribution in [2.75, 3.05) is 6.61 Å². The lowest BCUT2D eigenvalue weighted by Crippen LogP contribution is -2.06. The predicted octanol–water partition coefficient (Wildman–Crippen LogP) is 1.50. The van der Waals surface area contributed by atoms with Crippen LogP contribution in [-0.2, 0) is 11.3 Å². The van der Waals surface area contributed by atoms with Crippen molar-refractivity contribution < 1.29 is 4.74 Å². The molecule has 1 fully saturated rings. The zero-order valence-electron chi connectivity index (χ0n) is 7.00. The third-order valence-corrected chi connectivity index (χ3v) is 2.21. The van der Waals surface area contributed by atoms with Crippen molar-refractivity contribution in [1.29, 1.82) is 0 Å². The Kier molecular flexibility index (Phi) is 1.50. The van der Waals surface area contributed by atoms with Gasteiger partial charge in [-0.25, -0.2) is 0 Å². The fourth-order valence-corrected chi connectivity index (χ4v) is 1.36. The Labute approximate surface area is 66.8 Å². The van der Waals surface area contributed by atoms with Crippen LogP contribution in [0.15, 0.2) is 12.1 Å². The first-order valence-electron chi connectivity index (χ1n) is 4.01. The molecule has 60 valence electrons. The van der Waals surface area contributed by atoms with Crippen LogP contribution in [0.1, 0.15) is 11.4 Å². The number of aryl methyl sites for hydroxylation is 2. The predicted molar refractivity (Wildman–Crippen MR) is 43.6 cm³/mol. The molecule has 11 heavy (non-hydrogen) atoms. The lowest BCUT2D eigenvalue weighted by atomic mass is 10.4. The second kappa shape index (κ2) is 2.38. The van der Waals surface area contributed by atoms with Crippen LogP contribution in [0.5, 0.6) is 0 Å². The van der Waals surface area contributed by atoms with E-state index in [4.69, 9.17) is 4.74 Å². The second-order valence-electron chi connectivity index (χ2n) is 3.18. The van der Waals surface area contributed by atoms with Crippen molar-refractivity contribution >= 4 is 0 Å². The SMILES string of the molecule is Cc1ccc(C)n1C[C@@H]1CO1. The van der Waals surface area contributed by atoms with Crippen molar-refractivity contribution in [1.82, 2.24) is 4.57 Å². The topological polar surface area (TPSA) is 17.5 Å². The van der Waals surface area contributed by atoms with Gasteiger partial charge in [0, 0.05) is 11.4 Å². The van der Waals surface area contributed by atoms with Gasteiger partial charge in [0.25, 0.3) is 0 Å². The molecule has 2 nitrogen and oxygen atoms in total. The van der Waals surface area contributed by atoms with Gasteiger partial charge in [0.1, 0.15) is 0 Å². The van der Waals surface area contributed by atoms with Crippen molar-refractivity contribution in [2.45, 2.75) is 26.5 Å². The molecular formula is C9H13NO. The molecule has 1 saturated heterocycles. The van der Waals surface area contributed by atoms with Gasteiger partial charge in [-0.15, -0.1) is 0 Å². The molecule has 0 aliphatic carbocycles. The smallest absolute Gasteiger partial charge is 0.0988 e. The van der Waals surface area contributed by atoms with E-state index in [1.807, 2.05) is 0 Å². The number of aromatic nitrogens is 1. The summed E-state index contributed by atoms with van der Waals surface area (Å²) in [5.74, 6) is 0. The summed E-state index contributed by atoms with van der Waals surface area (Å²) in [7, 11) is 0. The van der Waals surface area contributed by atoms with E-state index in [0.29, 0.717) is 6.10 Å². The maximum atomic E-state index is 5.17. The van der Waals surface area contributed by atoms with Crippen LogP contribution in [0, 0.1) is 13.8 Å². The van der Waals surface area contributed by atoms with Crippen molar-refractivity contribution in [3.63, 3.8) is 0 Å². The second-order valence-corrected chi connectivity index (χ2v) is 3.18. The summed E-state index contributed by atoms with van der Waals surface area (Å²) in [4.78, 5) is 0. The fraction of sp³-hybridized carbons (Fsp3) is 0.556. The Balaban J connectivity index is 2.19. The Morgan fingerprint density at radius 2 is 2.00 bits per heavy atom. The number of nitrogens with zero attached hydrogens (tertiary/aromatic N) is 1. The molecule has 0 saturated carbocycles. The molecule has 1 atom stereocenters. The normalized spacial score (nSPS) is 22.2. The molecule has 0 amide bonds. The van der Waals surface area contributed by atoms with Crippen LogP contribution >= 0.6 is 0 Å². The Morgan fingerprint density at radius 1 is 1.45 bits per heavy atom. The Hall–Kier alpha value is -0.760. The molecule has 0 N–H and O–H groups in total. The molecule has 2 heterocycles. The van der Waals surface area contributed by atoms with Gasteiger partial charge in [-0.3, -0.25) is 0 Å². The van der Waals surface area contributed by atoms with E-state index in [1.165, 1.54) is 11.4 Å². The molecule has 0 radical (unpaired) electrons.